The molecule has 4 aromatic rings. The van der Waals surface area contributed by atoms with E-state index in [2.05, 4.69) is 40.6 Å². The number of pyridine rings is 2. The summed E-state index contributed by atoms with van der Waals surface area (Å²) in [5, 5.41) is 48.3. The first-order valence-corrected chi connectivity index (χ1v) is 15.7. The van der Waals surface area contributed by atoms with E-state index in [4.69, 9.17) is 0 Å². The van der Waals surface area contributed by atoms with Gasteiger partial charge in [0.05, 0.1) is 21.2 Å². The summed E-state index contributed by atoms with van der Waals surface area (Å²) in [6.07, 6.45) is 4.30. The van der Waals surface area contributed by atoms with E-state index in [1.54, 1.807) is 27.9 Å². The summed E-state index contributed by atoms with van der Waals surface area (Å²) < 4.78 is 27.7. The van der Waals surface area contributed by atoms with Gasteiger partial charge in [0.1, 0.15) is 17.8 Å². The monoisotopic (exact) mass is 758 g/mol. The molecule has 3 heterocycles. The smallest absolute Gasteiger partial charge is 0.323 e. The van der Waals surface area contributed by atoms with Crippen LogP contribution in [-0.2, 0) is 16.5 Å². The topological polar surface area (TPSA) is 192 Å². The van der Waals surface area contributed by atoms with Crippen molar-refractivity contribution in [3.63, 3.8) is 0 Å². The first-order valence-electron chi connectivity index (χ1n) is 15.7. The maximum atomic E-state index is 13.2. The van der Waals surface area contributed by atoms with E-state index in [1.807, 2.05) is 27.7 Å². The number of amidine groups is 1. The van der Waals surface area contributed by atoms with Crippen molar-refractivity contribution in [2.24, 2.45) is 42.5 Å². The number of azo groups is 4. The van der Waals surface area contributed by atoms with Gasteiger partial charge >= 0.3 is 28.0 Å². The predicted molar refractivity (Wildman–Crippen MR) is 183 cm³/mol. The van der Waals surface area contributed by atoms with Gasteiger partial charge in [-0.25, -0.2) is 18.8 Å². The summed E-state index contributed by atoms with van der Waals surface area (Å²) in [7, 11) is 0. The maximum absolute atomic E-state index is 13.2. The van der Waals surface area contributed by atoms with Crippen LogP contribution in [0.1, 0.15) is 40.5 Å². The first kappa shape index (κ1) is 40.5. The number of nitro groups is 2. The molecule has 0 saturated heterocycles. The van der Waals surface area contributed by atoms with Crippen LogP contribution in [0.4, 0.5) is 43.2 Å². The molecule has 19 heteroatoms. The number of hydrazone groups is 1. The second-order valence-electron chi connectivity index (χ2n) is 11.1. The fraction of sp³-hybridized carbons (Fsp3) is 0.273. The summed E-state index contributed by atoms with van der Waals surface area (Å²) in [5.74, 6) is 0.735. The van der Waals surface area contributed by atoms with Gasteiger partial charge in [0.25, 0.3) is 5.69 Å². The minimum atomic E-state index is -0.540. The summed E-state index contributed by atoms with van der Waals surface area (Å²) in [6.45, 7) is 8.20. The third-order valence-electron chi connectivity index (χ3n) is 7.45. The SMILES string of the molecule is CCC(C)C1=NN(c2ccc(F)cc2)C[N+](c2ccc([N+](=O)[O-])cn2)=N1.CCC(C)[C-](N=Nc1ccc(F)cc1)N=Nc1ccc([N+](=O)[O-])cn1.[Ni+2]. The van der Waals surface area contributed by atoms with E-state index in [0.717, 1.165) is 19.0 Å². The molecule has 272 valence electrons. The fourth-order valence-electron chi connectivity index (χ4n) is 4.02. The predicted octanol–water partition coefficient (Wildman–Crippen LogP) is 9.59. The van der Waals surface area contributed by atoms with Crippen molar-refractivity contribution in [1.29, 1.82) is 0 Å². The fourth-order valence-corrected chi connectivity index (χ4v) is 4.02. The van der Waals surface area contributed by atoms with Crippen molar-refractivity contribution < 1.29 is 39.8 Å². The van der Waals surface area contributed by atoms with Crippen molar-refractivity contribution in [3.05, 3.63) is 123 Å². The van der Waals surface area contributed by atoms with Gasteiger partial charge in [0.2, 0.25) is 12.9 Å². The molecule has 1 aliphatic heterocycles. The molecule has 52 heavy (non-hydrogen) atoms. The molecule has 0 amide bonds. The zero-order valence-corrected chi connectivity index (χ0v) is 29.4. The molecule has 0 spiro atoms. The van der Waals surface area contributed by atoms with Crippen LogP contribution < -0.4 is 5.01 Å². The van der Waals surface area contributed by atoms with Crippen molar-refractivity contribution in [3.8, 4) is 0 Å². The number of hydrogen-bond donors (Lipinski definition) is 0. The Balaban J connectivity index is 0.000000275. The minimum Gasteiger partial charge on any atom is -0.323 e. The summed E-state index contributed by atoms with van der Waals surface area (Å²) in [4.78, 5) is 28.4. The molecule has 2 aromatic heterocycles. The Morgan fingerprint density at radius 1 is 0.827 bits per heavy atom. The average Bonchev–Trinajstić information content (AvgIpc) is 3.15. The van der Waals surface area contributed by atoms with E-state index in [1.165, 1.54) is 60.8 Å². The van der Waals surface area contributed by atoms with E-state index >= 15 is 0 Å². The molecule has 0 N–H and O–H groups in total. The third kappa shape index (κ3) is 11.5. The number of rotatable bonds is 12. The number of aromatic nitrogens is 2. The van der Waals surface area contributed by atoms with Crippen molar-refractivity contribution >= 4 is 40.2 Å². The Morgan fingerprint density at radius 2 is 1.40 bits per heavy atom. The van der Waals surface area contributed by atoms with Gasteiger partial charge in [0.15, 0.2) is 11.7 Å². The molecular formula is C33H34F2N12NiO4+2. The van der Waals surface area contributed by atoms with Crippen LogP contribution in [0.5, 0.6) is 0 Å². The first-order chi connectivity index (χ1) is 24.5. The standard InChI is InChI=1S/C17H18FN6O2.C16H16FN6O2.Ni/c1-3-12(2)17-20-22(14-6-4-13(18)5-7-14)11-23(21-17)16-9-8-15(10-19-16)24(25)26;1-3-11(2)16(21-19-13-6-4-12(17)5-7-13)22-20-15-9-8-14(10-18-15)23(24)25;/h4-10,12H,3,11H2,1-2H3;4-11H,3H2,1-2H3;/q+1;-1;+2. The quantitative estimate of drug-likeness (QED) is 0.0343. The second-order valence-corrected chi connectivity index (χ2v) is 11.1. The number of hydrogen-bond acceptors (Lipinski definition) is 13. The molecule has 2 atom stereocenters. The van der Waals surface area contributed by atoms with E-state index in [-0.39, 0.29) is 63.8 Å². The molecule has 16 nitrogen and oxygen atoms in total. The summed E-state index contributed by atoms with van der Waals surface area (Å²) in [5.41, 5.74) is 0.998. The number of benzene rings is 2. The maximum Gasteiger partial charge on any atom is 2.00 e. The second kappa shape index (κ2) is 19.4. The molecule has 0 bridgehead atoms. The largest absolute Gasteiger partial charge is 2.00 e. The van der Waals surface area contributed by atoms with Crippen LogP contribution in [0.15, 0.2) is 116 Å². The van der Waals surface area contributed by atoms with Crippen LogP contribution in [0.2, 0.25) is 0 Å². The molecule has 2 aromatic carbocycles. The van der Waals surface area contributed by atoms with Crippen LogP contribution in [0, 0.1) is 49.9 Å². The zero-order valence-electron chi connectivity index (χ0n) is 28.4. The number of nitrogens with zero attached hydrogens (tertiary/aromatic N) is 12. The van der Waals surface area contributed by atoms with Gasteiger partial charge in [-0.1, -0.05) is 39.2 Å². The normalized spacial score (nSPS) is 13.7. The van der Waals surface area contributed by atoms with Crippen LogP contribution in [0.25, 0.3) is 0 Å². The van der Waals surface area contributed by atoms with Gasteiger partial charge in [-0.05, 0) is 66.0 Å². The van der Waals surface area contributed by atoms with Gasteiger partial charge in [-0.3, -0.25) is 20.2 Å². The Bertz CT molecular complexity index is 1910. The molecule has 0 radical (unpaired) electrons. The number of halogens is 2. The Labute approximate surface area is 307 Å². The molecule has 1 aliphatic rings. The molecule has 5 rings (SSSR count). The number of anilines is 1. The van der Waals surface area contributed by atoms with E-state index in [9.17, 15) is 29.0 Å². The summed E-state index contributed by atoms with van der Waals surface area (Å²) >= 11 is 0. The molecule has 2 unspecified atom stereocenters. The van der Waals surface area contributed by atoms with Gasteiger partial charge in [0, 0.05) is 24.1 Å². The molecular weight excluding hydrogens is 725 g/mol. The Hall–Kier alpha value is -5.97. The van der Waals surface area contributed by atoms with Crippen LogP contribution >= 0.6 is 0 Å². The summed E-state index contributed by atoms with van der Waals surface area (Å²) in [6, 6.07) is 17.2. The van der Waals surface area contributed by atoms with Gasteiger partial charge < -0.3 is 10.2 Å². The van der Waals surface area contributed by atoms with Crippen molar-refractivity contribution in [2.45, 2.75) is 40.5 Å². The van der Waals surface area contributed by atoms with E-state index in [0.29, 0.717) is 29.2 Å². The zero-order chi connectivity index (χ0) is 36.9. The van der Waals surface area contributed by atoms with Crippen LogP contribution in [0.3, 0.4) is 0 Å². The van der Waals surface area contributed by atoms with Crippen LogP contribution in [-0.4, -0.2) is 37.0 Å². The Morgan fingerprint density at radius 3 is 1.92 bits per heavy atom. The molecule has 0 saturated carbocycles. The average molecular weight is 759 g/mol. The molecule has 0 fully saturated rings. The Kier molecular flexibility index (Phi) is 15.1. The van der Waals surface area contributed by atoms with Crippen molar-refractivity contribution in [1.82, 2.24) is 9.97 Å². The third-order valence-corrected chi connectivity index (χ3v) is 7.45. The van der Waals surface area contributed by atoms with Gasteiger partial charge in [-0.15, -0.1) is 21.9 Å². The molecule has 0 aliphatic carbocycles. The van der Waals surface area contributed by atoms with Crippen molar-refractivity contribution in [2.75, 3.05) is 11.7 Å². The minimum absolute atomic E-state index is 0. The van der Waals surface area contributed by atoms with Gasteiger partial charge in [-0.2, -0.15) is 10.2 Å². The van der Waals surface area contributed by atoms with E-state index < -0.39 is 9.85 Å².